The van der Waals surface area contributed by atoms with Crippen molar-refractivity contribution in [2.24, 2.45) is 0 Å². The van der Waals surface area contributed by atoms with E-state index in [1.165, 1.54) is 11.3 Å². The van der Waals surface area contributed by atoms with Gasteiger partial charge in [0.05, 0.1) is 10.0 Å². The smallest absolute Gasteiger partial charge is 0.248 e. The molecular weight excluding hydrogens is 347 g/mol. The zero-order chi connectivity index (χ0) is 16.7. The zero-order valence-corrected chi connectivity index (χ0v) is 14.0. The van der Waals surface area contributed by atoms with Gasteiger partial charge >= 0.3 is 0 Å². The van der Waals surface area contributed by atoms with Crippen LogP contribution in [-0.2, 0) is 6.42 Å². The van der Waals surface area contributed by atoms with E-state index in [1.54, 1.807) is 12.1 Å². The van der Waals surface area contributed by atoms with Crippen molar-refractivity contribution in [3.63, 3.8) is 0 Å². The Balaban J connectivity index is 1.69. The Morgan fingerprint density at radius 2 is 1.92 bits per heavy atom. The van der Waals surface area contributed by atoms with Crippen LogP contribution in [0, 0.1) is 0 Å². The normalized spacial score (nSPS) is 12.8. The van der Waals surface area contributed by atoms with Gasteiger partial charge in [-0.15, -0.1) is 5.10 Å². The van der Waals surface area contributed by atoms with Crippen LogP contribution >= 0.6 is 23.2 Å². The predicted octanol–water partition coefficient (Wildman–Crippen LogP) is 4.07. The first-order valence-electron chi connectivity index (χ1n) is 7.41. The van der Waals surface area contributed by atoms with Crippen LogP contribution in [0.25, 0.3) is 11.1 Å². The van der Waals surface area contributed by atoms with E-state index in [1.807, 2.05) is 6.07 Å². The summed E-state index contributed by atoms with van der Waals surface area (Å²) >= 11 is 13.0. The molecule has 0 atom stereocenters. The number of nitrogens with zero attached hydrogens (tertiary/aromatic N) is 2. The molecule has 1 aliphatic heterocycles. The number of hydrogen-bond acceptors (Lipinski definition) is 5. The highest BCUT2D eigenvalue weighted by Gasteiger charge is 2.15. The highest BCUT2D eigenvalue weighted by atomic mass is 35.5. The molecular formula is C16H14Cl2N6. The summed E-state index contributed by atoms with van der Waals surface area (Å²) < 4.78 is 0. The number of H-pyrrole nitrogens is 1. The molecule has 0 amide bonds. The number of hydrogen-bond donors (Lipinski definition) is 4. The van der Waals surface area contributed by atoms with E-state index in [4.69, 9.17) is 28.9 Å². The molecule has 5 N–H and O–H groups in total. The summed E-state index contributed by atoms with van der Waals surface area (Å²) in [5, 5.41) is 14.0. The van der Waals surface area contributed by atoms with Gasteiger partial charge in [-0.2, -0.15) is 4.98 Å². The number of rotatable bonds is 3. The molecule has 0 saturated carbocycles. The fourth-order valence-corrected chi connectivity index (χ4v) is 3.55. The van der Waals surface area contributed by atoms with Gasteiger partial charge in [0.2, 0.25) is 11.9 Å². The molecule has 0 unspecified atom stereocenters. The second-order valence-corrected chi connectivity index (χ2v) is 6.35. The summed E-state index contributed by atoms with van der Waals surface area (Å²) in [4.78, 5) is 3.99. The number of anilines is 4. The number of halogens is 2. The van der Waals surface area contributed by atoms with E-state index in [0.29, 0.717) is 21.7 Å². The SMILES string of the molecule is Nc1nc(Nc2cc(Cl)c(-c3ccc4c(c3)CCN4)c(Cl)c2)n[nH]1. The third-order valence-corrected chi connectivity index (χ3v) is 4.50. The second kappa shape index (κ2) is 5.89. The summed E-state index contributed by atoms with van der Waals surface area (Å²) in [6, 6.07) is 9.80. The fourth-order valence-electron chi connectivity index (χ4n) is 2.84. The van der Waals surface area contributed by atoms with Crippen molar-refractivity contribution in [2.45, 2.75) is 6.42 Å². The average molecular weight is 361 g/mol. The third kappa shape index (κ3) is 2.74. The van der Waals surface area contributed by atoms with Gasteiger partial charge in [0.1, 0.15) is 0 Å². The summed E-state index contributed by atoms with van der Waals surface area (Å²) in [6.07, 6.45) is 1.00. The number of nitrogen functional groups attached to an aromatic ring is 1. The lowest BCUT2D eigenvalue weighted by molar-refractivity contribution is 1.10. The molecule has 8 heteroatoms. The predicted molar refractivity (Wildman–Crippen MR) is 98.2 cm³/mol. The van der Waals surface area contributed by atoms with Crippen LogP contribution in [0.15, 0.2) is 30.3 Å². The number of fused-ring (bicyclic) bond motifs is 1. The summed E-state index contributed by atoms with van der Waals surface area (Å²) in [7, 11) is 0. The molecule has 2 aromatic carbocycles. The van der Waals surface area contributed by atoms with Crippen LogP contribution in [0.4, 0.5) is 23.3 Å². The Labute approximate surface area is 148 Å². The van der Waals surface area contributed by atoms with Crippen molar-refractivity contribution < 1.29 is 0 Å². The molecule has 3 aromatic rings. The minimum absolute atomic E-state index is 0.234. The van der Waals surface area contributed by atoms with Crippen molar-refractivity contribution in [1.82, 2.24) is 15.2 Å². The molecule has 0 bridgehead atoms. The molecule has 0 radical (unpaired) electrons. The minimum Gasteiger partial charge on any atom is -0.384 e. The van der Waals surface area contributed by atoms with Crippen LogP contribution in [0.1, 0.15) is 5.56 Å². The summed E-state index contributed by atoms with van der Waals surface area (Å²) in [6.45, 7) is 0.961. The van der Waals surface area contributed by atoms with Crippen molar-refractivity contribution in [3.05, 3.63) is 45.9 Å². The van der Waals surface area contributed by atoms with Gasteiger partial charge in [-0.3, -0.25) is 0 Å². The van der Waals surface area contributed by atoms with E-state index in [-0.39, 0.29) is 5.95 Å². The molecule has 0 aliphatic carbocycles. The highest BCUT2D eigenvalue weighted by Crippen LogP contribution is 2.39. The van der Waals surface area contributed by atoms with E-state index < -0.39 is 0 Å². The Morgan fingerprint density at radius 3 is 2.62 bits per heavy atom. The molecule has 24 heavy (non-hydrogen) atoms. The monoisotopic (exact) mass is 360 g/mol. The van der Waals surface area contributed by atoms with Crippen molar-refractivity contribution in [1.29, 1.82) is 0 Å². The molecule has 0 saturated heterocycles. The Kier molecular flexibility index (Phi) is 3.70. The Bertz CT molecular complexity index is 898. The number of benzene rings is 2. The lowest BCUT2D eigenvalue weighted by Gasteiger charge is -2.12. The van der Waals surface area contributed by atoms with E-state index in [9.17, 15) is 0 Å². The molecule has 4 rings (SSSR count). The zero-order valence-electron chi connectivity index (χ0n) is 12.5. The lowest BCUT2D eigenvalue weighted by Crippen LogP contribution is -1.94. The molecule has 1 aliphatic rings. The average Bonchev–Trinajstić information content (AvgIpc) is 3.15. The quantitative estimate of drug-likeness (QED) is 0.564. The fraction of sp³-hybridized carbons (Fsp3) is 0.125. The molecule has 122 valence electrons. The van der Waals surface area contributed by atoms with Gasteiger partial charge in [-0.1, -0.05) is 29.3 Å². The van der Waals surface area contributed by atoms with E-state index in [2.05, 4.69) is 37.9 Å². The maximum absolute atomic E-state index is 6.48. The van der Waals surface area contributed by atoms with Gasteiger partial charge in [-0.05, 0) is 41.8 Å². The van der Waals surface area contributed by atoms with Gasteiger partial charge in [0, 0.05) is 23.5 Å². The molecule has 2 heterocycles. The van der Waals surface area contributed by atoms with Gasteiger partial charge in [0.25, 0.3) is 0 Å². The van der Waals surface area contributed by atoms with E-state index >= 15 is 0 Å². The number of aromatic amines is 1. The molecule has 6 nitrogen and oxygen atoms in total. The molecule has 0 fully saturated rings. The van der Waals surface area contributed by atoms with Crippen LogP contribution in [-0.4, -0.2) is 21.7 Å². The Hall–Kier alpha value is -2.44. The van der Waals surface area contributed by atoms with Crippen LogP contribution in [0.3, 0.4) is 0 Å². The first-order valence-corrected chi connectivity index (χ1v) is 8.17. The summed E-state index contributed by atoms with van der Waals surface area (Å²) in [5.74, 6) is 0.592. The van der Waals surface area contributed by atoms with Crippen LogP contribution < -0.4 is 16.4 Å². The third-order valence-electron chi connectivity index (χ3n) is 3.90. The van der Waals surface area contributed by atoms with Gasteiger partial charge in [0.15, 0.2) is 0 Å². The largest absolute Gasteiger partial charge is 0.384 e. The second-order valence-electron chi connectivity index (χ2n) is 5.53. The Morgan fingerprint density at radius 1 is 1.12 bits per heavy atom. The van der Waals surface area contributed by atoms with Crippen LogP contribution in [0.5, 0.6) is 0 Å². The lowest BCUT2D eigenvalue weighted by atomic mass is 10.0. The number of nitrogens with one attached hydrogen (secondary N) is 3. The van der Waals surface area contributed by atoms with Gasteiger partial charge in [-0.25, -0.2) is 5.10 Å². The van der Waals surface area contributed by atoms with Crippen molar-refractivity contribution in [3.8, 4) is 11.1 Å². The first-order chi connectivity index (χ1) is 11.6. The standard InChI is InChI=1S/C16H14Cl2N6/c17-11-6-10(21-16-22-15(19)23-24-16)7-12(18)14(11)9-1-2-13-8(5-9)3-4-20-13/h1-2,5-7,20H,3-4H2,(H4,19,21,22,23,24). The topological polar surface area (TPSA) is 91.7 Å². The highest BCUT2D eigenvalue weighted by molar-refractivity contribution is 6.39. The van der Waals surface area contributed by atoms with Crippen molar-refractivity contribution >= 4 is 46.5 Å². The number of aromatic nitrogens is 3. The maximum atomic E-state index is 6.48. The van der Waals surface area contributed by atoms with E-state index in [0.717, 1.165) is 24.1 Å². The first kappa shape index (κ1) is 15.1. The maximum Gasteiger partial charge on any atom is 0.248 e. The van der Waals surface area contributed by atoms with Crippen LogP contribution in [0.2, 0.25) is 10.0 Å². The molecule has 1 aromatic heterocycles. The van der Waals surface area contributed by atoms with Gasteiger partial charge < -0.3 is 16.4 Å². The summed E-state index contributed by atoms with van der Waals surface area (Å²) in [5.41, 5.74) is 10.5. The minimum atomic E-state index is 0.234. The number of nitrogens with two attached hydrogens (primary N) is 1. The van der Waals surface area contributed by atoms with Crippen molar-refractivity contribution in [2.75, 3.05) is 22.9 Å². The molecule has 0 spiro atoms.